The second-order valence-electron chi connectivity index (χ2n) is 5.12. The molecule has 126 valence electrons. The van der Waals surface area contributed by atoms with Gasteiger partial charge in [0.1, 0.15) is 4.32 Å². The molecule has 0 spiro atoms. The Morgan fingerprint density at radius 1 is 1.38 bits per heavy atom. The predicted molar refractivity (Wildman–Crippen MR) is 93.9 cm³/mol. The van der Waals surface area contributed by atoms with E-state index < -0.39 is 17.9 Å². The molecule has 6 nitrogen and oxygen atoms in total. The lowest BCUT2D eigenvalue weighted by molar-refractivity contribution is -0.308. The van der Waals surface area contributed by atoms with Gasteiger partial charge in [-0.25, -0.2) is 0 Å². The highest BCUT2D eigenvalue weighted by Gasteiger charge is 2.28. The summed E-state index contributed by atoms with van der Waals surface area (Å²) in [6, 6.07) is 5.46. The molecule has 0 aliphatic carbocycles. The van der Waals surface area contributed by atoms with E-state index in [2.05, 4.69) is 5.32 Å². The van der Waals surface area contributed by atoms with Gasteiger partial charge in [-0.2, -0.15) is 0 Å². The van der Waals surface area contributed by atoms with Gasteiger partial charge < -0.3 is 15.2 Å². The molecule has 0 unspecified atom stereocenters. The van der Waals surface area contributed by atoms with Crippen LogP contribution in [0.25, 0.3) is 6.08 Å². The topological polar surface area (TPSA) is 89.5 Å². The smallest absolute Gasteiger partial charge is 0.265 e. The van der Waals surface area contributed by atoms with Crippen LogP contribution < -0.4 is 10.4 Å². The maximum Gasteiger partial charge on any atom is 0.265 e. The van der Waals surface area contributed by atoms with Crippen LogP contribution in [0, 0.1) is 0 Å². The van der Waals surface area contributed by atoms with E-state index in [4.69, 9.17) is 12.2 Å². The number of thiocarbonyl (C=S) groups is 1. The van der Waals surface area contributed by atoms with Gasteiger partial charge in [0.25, 0.3) is 11.8 Å². The van der Waals surface area contributed by atoms with Gasteiger partial charge in [0.15, 0.2) is 0 Å². The van der Waals surface area contributed by atoms with Gasteiger partial charge >= 0.3 is 0 Å². The van der Waals surface area contributed by atoms with E-state index in [0.29, 0.717) is 14.8 Å². The van der Waals surface area contributed by atoms with Crippen molar-refractivity contribution in [3.63, 3.8) is 0 Å². The largest absolute Gasteiger partial charge is 0.548 e. The van der Waals surface area contributed by atoms with Crippen LogP contribution in [-0.4, -0.2) is 40.1 Å². The Hall–Kier alpha value is -2.19. The molecule has 1 atom stereocenters. The standard InChI is InChI=1S/C16H16N2O4S2/c1-3-11(15(21)22)17-13(19)10-6-4-9(5-7-10)8-12-14(20)18(2)16(23)24-12/h4-8,11H,3H2,1-2H3,(H,17,19)(H,21,22)/p-1/b12-8-/t11-/m1/s1. The molecule has 1 saturated heterocycles. The number of carbonyl (C=O) groups is 3. The van der Waals surface area contributed by atoms with Gasteiger partial charge in [-0.3, -0.25) is 14.5 Å². The minimum absolute atomic E-state index is 0.161. The zero-order valence-corrected chi connectivity index (χ0v) is 14.7. The van der Waals surface area contributed by atoms with Crippen molar-refractivity contribution in [3.05, 3.63) is 40.3 Å². The molecule has 1 aliphatic rings. The number of carboxylic acids is 1. The Balaban J connectivity index is 2.11. The molecular formula is C16H15N2O4S2-. The van der Waals surface area contributed by atoms with Crippen LogP contribution in [-0.2, 0) is 9.59 Å². The summed E-state index contributed by atoms with van der Waals surface area (Å²) in [5.41, 5.74) is 1.07. The summed E-state index contributed by atoms with van der Waals surface area (Å²) in [6.07, 6.45) is 1.94. The zero-order chi connectivity index (χ0) is 17.9. The SMILES string of the molecule is CC[C@@H](NC(=O)c1ccc(/C=C2\SC(=S)N(C)C2=O)cc1)C(=O)[O-]. The van der Waals surface area contributed by atoms with Crippen molar-refractivity contribution in [3.8, 4) is 0 Å². The minimum atomic E-state index is -1.32. The third kappa shape index (κ3) is 4.01. The van der Waals surface area contributed by atoms with Crippen molar-refractivity contribution in [1.82, 2.24) is 10.2 Å². The molecule has 8 heteroatoms. The van der Waals surface area contributed by atoms with E-state index >= 15 is 0 Å². The number of hydrogen-bond acceptors (Lipinski definition) is 6. The lowest BCUT2D eigenvalue weighted by Crippen LogP contribution is -2.47. The fourth-order valence-corrected chi connectivity index (χ4v) is 3.18. The number of thioether (sulfide) groups is 1. The first kappa shape index (κ1) is 18.2. The second-order valence-corrected chi connectivity index (χ2v) is 6.79. The van der Waals surface area contributed by atoms with E-state index in [-0.39, 0.29) is 12.3 Å². The van der Waals surface area contributed by atoms with E-state index in [0.717, 1.165) is 5.56 Å². The van der Waals surface area contributed by atoms with Crippen molar-refractivity contribution in [2.75, 3.05) is 7.05 Å². The molecule has 1 heterocycles. The van der Waals surface area contributed by atoms with E-state index in [9.17, 15) is 19.5 Å². The van der Waals surface area contributed by atoms with Gasteiger partial charge in [0.05, 0.1) is 16.9 Å². The number of nitrogens with one attached hydrogen (secondary N) is 1. The summed E-state index contributed by atoms with van der Waals surface area (Å²) in [5, 5.41) is 13.2. The highest BCUT2D eigenvalue weighted by Crippen LogP contribution is 2.31. The van der Waals surface area contributed by atoms with E-state index in [1.807, 2.05) is 0 Å². The molecule has 1 fully saturated rings. The fraction of sp³-hybridized carbons (Fsp3) is 0.250. The van der Waals surface area contributed by atoms with Gasteiger partial charge in [-0.15, -0.1) is 0 Å². The molecule has 1 aromatic carbocycles. The van der Waals surface area contributed by atoms with Crippen LogP contribution in [0.15, 0.2) is 29.2 Å². The summed E-state index contributed by atoms with van der Waals surface area (Å²) in [5.74, 6) is -1.96. The summed E-state index contributed by atoms with van der Waals surface area (Å²) in [6.45, 7) is 1.65. The van der Waals surface area contributed by atoms with Crippen molar-refractivity contribution in [1.29, 1.82) is 0 Å². The van der Waals surface area contributed by atoms with Gasteiger partial charge in [0, 0.05) is 12.6 Å². The summed E-state index contributed by atoms with van der Waals surface area (Å²) < 4.78 is 0.495. The first-order valence-electron chi connectivity index (χ1n) is 7.16. The summed E-state index contributed by atoms with van der Waals surface area (Å²) in [7, 11) is 1.62. The lowest BCUT2D eigenvalue weighted by atomic mass is 10.1. The molecule has 0 saturated carbocycles. The van der Waals surface area contributed by atoms with Gasteiger partial charge in [0.2, 0.25) is 0 Å². The number of carbonyl (C=O) groups excluding carboxylic acids is 3. The van der Waals surface area contributed by atoms with Crippen LogP contribution in [0.4, 0.5) is 0 Å². The summed E-state index contributed by atoms with van der Waals surface area (Å²) >= 11 is 6.28. The van der Waals surface area contributed by atoms with Crippen molar-refractivity contribution >= 4 is 52.2 Å². The van der Waals surface area contributed by atoms with E-state index in [1.54, 1.807) is 44.3 Å². The van der Waals surface area contributed by atoms with Gasteiger partial charge in [-0.1, -0.05) is 43.0 Å². The second kappa shape index (κ2) is 7.59. The number of rotatable bonds is 5. The quantitative estimate of drug-likeness (QED) is 0.614. The average Bonchev–Trinajstić information content (AvgIpc) is 2.79. The number of amides is 2. The molecule has 1 aliphatic heterocycles. The Labute approximate surface area is 148 Å². The van der Waals surface area contributed by atoms with Crippen LogP contribution in [0.1, 0.15) is 29.3 Å². The number of hydrogen-bond donors (Lipinski definition) is 1. The lowest BCUT2D eigenvalue weighted by Gasteiger charge is -2.17. The van der Waals surface area contributed by atoms with Crippen LogP contribution in [0.3, 0.4) is 0 Å². The fourth-order valence-electron chi connectivity index (χ4n) is 2.00. The third-order valence-corrected chi connectivity index (χ3v) is 4.94. The number of nitrogens with zero attached hydrogens (tertiary/aromatic N) is 1. The molecule has 1 aromatic rings. The zero-order valence-electron chi connectivity index (χ0n) is 13.1. The van der Waals surface area contributed by atoms with Gasteiger partial charge in [-0.05, 0) is 30.2 Å². The van der Waals surface area contributed by atoms with Crippen molar-refractivity contribution in [2.24, 2.45) is 0 Å². The molecule has 0 radical (unpaired) electrons. The highest BCUT2D eigenvalue weighted by molar-refractivity contribution is 8.26. The molecule has 0 bridgehead atoms. The maximum atomic E-state index is 12.0. The normalized spacial score (nSPS) is 17.2. The van der Waals surface area contributed by atoms with Crippen molar-refractivity contribution in [2.45, 2.75) is 19.4 Å². The number of carboxylic acid groups (broad SMARTS) is 1. The summed E-state index contributed by atoms with van der Waals surface area (Å²) in [4.78, 5) is 36.7. The highest BCUT2D eigenvalue weighted by atomic mass is 32.2. The van der Waals surface area contributed by atoms with Crippen LogP contribution in [0.5, 0.6) is 0 Å². The molecule has 2 amide bonds. The Bertz CT molecular complexity index is 728. The Morgan fingerprint density at radius 2 is 2.00 bits per heavy atom. The number of benzene rings is 1. The van der Waals surface area contributed by atoms with Crippen molar-refractivity contribution < 1.29 is 19.5 Å². The predicted octanol–water partition coefficient (Wildman–Crippen LogP) is 0.776. The maximum absolute atomic E-state index is 12.0. The Morgan fingerprint density at radius 3 is 2.46 bits per heavy atom. The molecular weight excluding hydrogens is 348 g/mol. The average molecular weight is 363 g/mol. The number of likely N-dealkylation sites (N-methyl/N-ethyl adjacent to an activating group) is 1. The minimum Gasteiger partial charge on any atom is -0.548 e. The number of aliphatic carboxylic acids is 1. The monoisotopic (exact) mass is 363 g/mol. The molecule has 24 heavy (non-hydrogen) atoms. The third-order valence-electron chi connectivity index (χ3n) is 3.46. The Kier molecular flexibility index (Phi) is 5.74. The molecule has 2 rings (SSSR count). The van der Waals surface area contributed by atoms with E-state index in [1.165, 1.54) is 16.7 Å². The van der Waals surface area contributed by atoms with Crippen LogP contribution in [0.2, 0.25) is 0 Å². The first-order chi connectivity index (χ1) is 11.3. The first-order valence-corrected chi connectivity index (χ1v) is 8.39. The molecule has 0 aromatic heterocycles. The van der Waals surface area contributed by atoms with Crippen LogP contribution >= 0.6 is 24.0 Å². The molecule has 1 N–H and O–H groups in total.